The summed E-state index contributed by atoms with van der Waals surface area (Å²) in [6.45, 7) is 0.688. The lowest BCUT2D eigenvalue weighted by Crippen LogP contribution is -2.03. The normalized spacial score (nSPS) is 10.4. The second-order valence-corrected chi connectivity index (χ2v) is 4.49. The van der Waals surface area contributed by atoms with Gasteiger partial charge in [0.1, 0.15) is 12.4 Å². The molecule has 0 aliphatic heterocycles. The molecule has 0 amide bonds. The first-order valence-corrected chi connectivity index (χ1v) is 6.16. The quantitative estimate of drug-likeness (QED) is 0.935. The Morgan fingerprint density at radius 3 is 2.72 bits per heavy atom. The monoisotopic (exact) mass is 282 g/mol. The number of ether oxygens (including phenoxy) is 1. The number of halogens is 2. The van der Waals surface area contributed by atoms with Gasteiger partial charge >= 0.3 is 0 Å². The molecular weight excluding hydrogens is 271 g/mol. The lowest BCUT2D eigenvalue weighted by atomic mass is 10.2. The van der Waals surface area contributed by atoms with Gasteiger partial charge in [0, 0.05) is 35.1 Å². The number of nitrogens with zero attached hydrogens (tertiary/aromatic N) is 1. The minimum absolute atomic E-state index is 0.332. The molecule has 0 saturated carbocycles. The van der Waals surface area contributed by atoms with Crippen molar-refractivity contribution in [3.8, 4) is 5.75 Å². The van der Waals surface area contributed by atoms with E-state index in [-0.39, 0.29) is 0 Å². The molecule has 2 aromatic rings. The van der Waals surface area contributed by atoms with E-state index in [1.165, 1.54) is 0 Å². The number of nitrogens with two attached hydrogens (primary N) is 1. The van der Waals surface area contributed by atoms with Gasteiger partial charge in [0.2, 0.25) is 0 Å². The predicted molar refractivity (Wildman–Crippen MR) is 72.9 cm³/mol. The molecule has 1 aromatic heterocycles. The Bertz CT molecular complexity index is 546. The molecule has 3 nitrogen and oxygen atoms in total. The van der Waals surface area contributed by atoms with Crippen molar-refractivity contribution in [2.45, 2.75) is 13.2 Å². The zero-order valence-corrected chi connectivity index (χ0v) is 11.1. The maximum absolute atomic E-state index is 6.05. The van der Waals surface area contributed by atoms with Crippen molar-refractivity contribution >= 4 is 23.2 Å². The summed E-state index contributed by atoms with van der Waals surface area (Å²) in [5.41, 5.74) is 7.32. The SMILES string of the molecule is NCc1c(Cl)cccc1OCc1ccncc1Cl. The van der Waals surface area contributed by atoms with Crippen LogP contribution in [0.2, 0.25) is 10.0 Å². The number of benzene rings is 1. The van der Waals surface area contributed by atoms with Crippen LogP contribution in [0.5, 0.6) is 5.75 Å². The molecule has 0 saturated heterocycles. The lowest BCUT2D eigenvalue weighted by molar-refractivity contribution is 0.303. The van der Waals surface area contributed by atoms with E-state index in [1.807, 2.05) is 18.2 Å². The fourth-order valence-corrected chi connectivity index (χ4v) is 1.97. The molecular formula is C13H12Cl2N2O. The summed E-state index contributed by atoms with van der Waals surface area (Å²) < 4.78 is 5.70. The summed E-state index contributed by atoms with van der Waals surface area (Å²) in [4.78, 5) is 3.92. The molecule has 18 heavy (non-hydrogen) atoms. The third kappa shape index (κ3) is 2.93. The molecule has 0 radical (unpaired) electrons. The summed E-state index contributed by atoms with van der Waals surface area (Å²) in [6, 6.07) is 7.26. The van der Waals surface area contributed by atoms with Gasteiger partial charge < -0.3 is 10.5 Å². The Balaban J connectivity index is 2.16. The summed E-state index contributed by atoms with van der Waals surface area (Å²) in [5, 5.41) is 1.18. The molecule has 1 heterocycles. The van der Waals surface area contributed by atoms with Gasteiger partial charge in [-0.2, -0.15) is 0 Å². The smallest absolute Gasteiger partial charge is 0.125 e. The van der Waals surface area contributed by atoms with Gasteiger partial charge in [0.05, 0.1) is 5.02 Å². The molecule has 5 heteroatoms. The van der Waals surface area contributed by atoms with Crippen molar-refractivity contribution in [2.24, 2.45) is 5.73 Å². The summed E-state index contributed by atoms with van der Waals surface area (Å²) in [5.74, 6) is 0.679. The number of pyridine rings is 1. The van der Waals surface area contributed by atoms with E-state index in [0.717, 1.165) is 11.1 Å². The van der Waals surface area contributed by atoms with Gasteiger partial charge in [-0.05, 0) is 18.2 Å². The maximum atomic E-state index is 6.05. The molecule has 0 spiro atoms. The van der Waals surface area contributed by atoms with Crippen LogP contribution < -0.4 is 10.5 Å². The summed E-state index contributed by atoms with van der Waals surface area (Å²) in [6.07, 6.45) is 3.26. The minimum Gasteiger partial charge on any atom is -0.488 e. The average molecular weight is 283 g/mol. The van der Waals surface area contributed by atoms with Gasteiger partial charge in [0.25, 0.3) is 0 Å². The van der Waals surface area contributed by atoms with Crippen LogP contribution in [0.25, 0.3) is 0 Å². The molecule has 0 unspecified atom stereocenters. The summed E-state index contributed by atoms with van der Waals surface area (Å²) in [7, 11) is 0. The highest BCUT2D eigenvalue weighted by Gasteiger charge is 2.07. The first-order valence-electron chi connectivity index (χ1n) is 5.41. The van der Waals surface area contributed by atoms with Crippen LogP contribution in [0, 0.1) is 0 Å². The van der Waals surface area contributed by atoms with Crippen molar-refractivity contribution in [1.82, 2.24) is 4.98 Å². The second-order valence-electron chi connectivity index (χ2n) is 3.68. The molecule has 0 aliphatic carbocycles. The number of hydrogen-bond acceptors (Lipinski definition) is 3. The predicted octanol–water partition coefficient (Wildman–Crippen LogP) is 3.43. The van der Waals surface area contributed by atoms with Crippen LogP contribution in [-0.4, -0.2) is 4.98 Å². The standard InChI is InChI=1S/C13H12Cl2N2O/c14-11-2-1-3-13(10(11)6-16)18-8-9-4-5-17-7-12(9)15/h1-5,7H,6,8,16H2. The van der Waals surface area contributed by atoms with Gasteiger partial charge in [-0.1, -0.05) is 29.3 Å². The van der Waals surface area contributed by atoms with Crippen molar-refractivity contribution < 1.29 is 4.74 Å². The maximum Gasteiger partial charge on any atom is 0.125 e. The van der Waals surface area contributed by atoms with E-state index < -0.39 is 0 Å². The van der Waals surface area contributed by atoms with E-state index in [0.29, 0.717) is 28.9 Å². The highest BCUT2D eigenvalue weighted by atomic mass is 35.5. The largest absolute Gasteiger partial charge is 0.488 e. The van der Waals surface area contributed by atoms with Crippen LogP contribution in [0.15, 0.2) is 36.7 Å². The third-order valence-electron chi connectivity index (χ3n) is 2.52. The molecule has 94 valence electrons. The van der Waals surface area contributed by atoms with Gasteiger partial charge in [-0.15, -0.1) is 0 Å². The first-order chi connectivity index (χ1) is 8.72. The number of hydrogen-bond donors (Lipinski definition) is 1. The van der Waals surface area contributed by atoms with E-state index >= 15 is 0 Å². The van der Waals surface area contributed by atoms with E-state index in [2.05, 4.69) is 4.98 Å². The van der Waals surface area contributed by atoms with Crippen LogP contribution in [0.3, 0.4) is 0 Å². The fraction of sp³-hybridized carbons (Fsp3) is 0.154. The number of aromatic nitrogens is 1. The zero-order chi connectivity index (χ0) is 13.0. The Hall–Kier alpha value is -1.29. The lowest BCUT2D eigenvalue weighted by Gasteiger charge is -2.12. The molecule has 0 fully saturated rings. The summed E-state index contributed by atoms with van der Waals surface area (Å²) >= 11 is 12.0. The first kappa shape index (κ1) is 13.1. The molecule has 2 N–H and O–H groups in total. The van der Waals surface area contributed by atoms with Crippen molar-refractivity contribution in [2.75, 3.05) is 0 Å². The molecule has 0 aliphatic rings. The van der Waals surface area contributed by atoms with Crippen LogP contribution >= 0.6 is 23.2 Å². The minimum atomic E-state index is 0.332. The highest BCUT2D eigenvalue weighted by molar-refractivity contribution is 6.31. The highest BCUT2D eigenvalue weighted by Crippen LogP contribution is 2.27. The topological polar surface area (TPSA) is 48.1 Å². The van der Waals surface area contributed by atoms with E-state index in [9.17, 15) is 0 Å². The average Bonchev–Trinajstić information content (AvgIpc) is 2.38. The Morgan fingerprint density at radius 2 is 2.00 bits per heavy atom. The Morgan fingerprint density at radius 1 is 1.17 bits per heavy atom. The van der Waals surface area contributed by atoms with E-state index in [1.54, 1.807) is 18.5 Å². The van der Waals surface area contributed by atoms with Crippen molar-refractivity contribution in [3.63, 3.8) is 0 Å². The van der Waals surface area contributed by atoms with Crippen LogP contribution in [-0.2, 0) is 13.2 Å². The van der Waals surface area contributed by atoms with Crippen molar-refractivity contribution in [3.05, 3.63) is 57.8 Å². The molecule has 1 aromatic carbocycles. The second kappa shape index (κ2) is 6.05. The van der Waals surface area contributed by atoms with Gasteiger partial charge in [-0.25, -0.2) is 0 Å². The Kier molecular flexibility index (Phi) is 4.42. The zero-order valence-electron chi connectivity index (χ0n) is 9.57. The third-order valence-corrected chi connectivity index (χ3v) is 3.21. The van der Waals surface area contributed by atoms with Crippen LogP contribution in [0.4, 0.5) is 0 Å². The fourth-order valence-electron chi connectivity index (χ4n) is 1.55. The number of rotatable bonds is 4. The van der Waals surface area contributed by atoms with Gasteiger partial charge in [-0.3, -0.25) is 4.98 Å². The van der Waals surface area contributed by atoms with Crippen LogP contribution in [0.1, 0.15) is 11.1 Å². The molecule has 0 bridgehead atoms. The van der Waals surface area contributed by atoms with Crippen molar-refractivity contribution in [1.29, 1.82) is 0 Å². The molecule has 0 atom stereocenters. The van der Waals surface area contributed by atoms with Gasteiger partial charge in [0.15, 0.2) is 0 Å². The van der Waals surface area contributed by atoms with E-state index in [4.69, 9.17) is 33.7 Å². The molecule has 2 rings (SSSR count). The Labute approximate surface area is 115 Å².